The van der Waals surface area contributed by atoms with Crippen molar-refractivity contribution in [2.45, 2.75) is 38.6 Å². The number of hydrogen-bond donors (Lipinski definition) is 2. The van der Waals surface area contributed by atoms with Gasteiger partial charge in [-0.15, -0.1) is 0 Å². The number of methoxy groups -OCH3 is 1. The summed E-state index contributed by atoms with van der Waals surface area (Å²) < 4.78 is 5.27. The van der Waals surface area contributed by atoms with E-state index in [4.69, 9.17) is 10.5 Å². The van der Waals surface area contributed by atoms with Crippen LogP contribution in [0.25, 0.3) is 0 Å². The maximum absolute atomic E-state index is 12.1. The summed E-state index contributed by atoms with van der Waals surface area (Å²) in [5.41, 5.74) is 7.37. The molecular formula is C15H22N2O2. The highest BCUT2D eigenvalue weighted by molar-refractivity contribution is 5.78. The third-order valence-corrected chi connectivity index (χ3v) is 3.73. The predicted octanol–water partition coefficient (Wildman–Crippen LogP) is 2.47. The van der Waals surface area contributed by atoms with Gasteiger partial charge >= 0.3 is 0 Å². The number of benzene rings is 1. The number of amides is 1. The molecule has 104 valence electrons. The zero-order valence-electron chi connectivity index (χ0n) is 11.4. The largest absolute Gasteiger partial charge is 0.496 e. The highest BCUT2D eigenvalue weighted by atomic mass is 16.5. The fourth-order valence-corrected chi connectivity index (χ4v) is 2.63. The molecule has 1 aromatic carbocycles. The van der Waals surface area contributed by atoms with Gasteiger partial charge in [-0.1, -0.05) is 19.3 Å². The molecule has 0 atom stereocenters. The molecular weight excluding hydrogens is 240 g/mol. The lowest BCUT2D eigenvalue weighted by molar-refractivity contribution is -0.126. The van der Waals surface area contributed by atoms with E-state index >= 15 is 0 Å². The number of carbonyl (C=O) groups excluding carboxylic acids is 1. The highest BCUT2D eigenvalue weighted by Gasteiger charge is 2.20. The van der Waals surface area contributed by atoms with Crippen LogP contribution in [0.3, 0.4) is 0 Å². The van der Waals surface area contributed by atoms with Crippen LogP contribution in [0.5, 0.6) is 5.75 Å². The topological polar surface area (TPSA) is 64.3 Å². The van der Waals surface area contributed by atoms with Gasteiger partial charge in [0, 0.05) is 23.7 Å². The van der Waals surface area contributed by atoms with Gasteiger partial charge < -0.3 is 15.8 Å². The fraction of sp³-hybridized carbons (Fsp3) is 0.533. The molecule has 0 aliphatic heterocycles. The Hall–Kier alpha value is -1.71. The van der Waals surface area contributed by atoms with E-state index in [9.17, 15) is 4.79 Å². The molecule has 0 unspecified atom stereocenters. The average molecular weight is 262 g/mol. The van der Waals surface area contributed by atoms with Crippen molar-refractivity contribution in [1.29, 1.82) is 0 Å². The number of nitrogen functional groups attached to an aromatic ring is 1. The number of carbonyl (C=O) groups is 1. The molecule has 0 radical (unpaired) electrons. The van der Waals surface area contributed by atoms with Crippen LogP contribution >= 0.6 is 0 Å². The van der Waals surface area contributed by atoms with Crippen LogP contribution in [0.1, 0.15) is 37.7 Å². The van der Waals surface area contributed by atoms with Gasteiger partial charge in [0.25, 0.3) is 0 Å². The zero-order valence-corrected chi connectivity index (χ0v) is 11.4. The first-order valence-corrected chi connectivity index (χ1v) is 6.91. The second-order valence-electron chi connectivity index (χ2n) is 5.12. The predicted molar refractivity (Wildman–Crippen MR) is 75.8 cm³/mol. The summed E-state index contributed by atoms with van der Waals surface area (Å²) in [6.07, 6.45) is 5.62. The number of nitrogens with one attached hydrogen (secondary N) is 1. The van der Waals surface area contributed by atoms with Crippen LogP contribution < -0.4 is 15.8 Å². The number of nitrogens with two attached hydrogens (primary N) is 1. The molecule has 4 nitrogen and oxygen atoms in total. The minimum Gasteiger partial charge on any atom is -0.496 e. The first-order valence-electron chi connectivity index (χ1n) is 6.91. The first-order chi connectivity index (χ1) is 9.20. The SMILES string of the molecule is COc1ccc(N)cc1CNC(=O)C1CCCCC1. The molecule has 0 heterocycles. The Labute approximate surface area is 114 Å². The van der Waals surface area contributed by atoms with Crippen molar-refractivity contribution in [1.82, 2.24) is 5.32 Å². The summed E-state index contributed by atoms with van der Waals surface area (Å²) in [7, 11) is 1.62. The van der Waals surface area contributed by atoms with Crippen molar-refractivity contribution >= 4 is 11.6 Å². The normalized spacial score (nSPS) is 16.1. The molecule has 4 heteroatoms. The van der Waals surface area contributed by atoms with Crippen molar-refractivity contribution < 1.29 is 9.53 Å². The maximum Gasteiger partial charge on any atom is 0.223 e. The highest BCUT2D eigenvalue weighted by Crippen LogP contribution is 2.24. The van der Waals surface area contributed by atoms with E-state index < -0.39 is 0 Å². The molecule has 19 heavy (non-hydrogen) atoms. The number of rotatable bonds is 4. The molecule has 1 aromatic rings. The molecule has 0 saturated heterocycles. The first kappa shape index (κ1) is 13.7. The van der Waals surface area contributed by atoms with Gasteiger partial charge in [0.1, 0.15) is 5.75 Å². The van der Waals surface area contributed by atoms with Crippen molar-refractivity contribution in [3.63, 3.8) is 0 Å². The van der Waals surface area contributed by atoms with Crippen LogP contribution in [-0.2, 0) is 11.3 Å². The van der Waals surface area contributed by atoms with Gasteiger partial charge in [0.15, 0.2) is 0 Å². The molecule has 2 rings (SSSR count). The molecule has 0 spiro atoms. The lowest BCUT2D eigenvalue weighted by Crippen LogP contribution is -2.31. The number of ether oxygens (including phenoxy) is 1. The van der Waals surface area contributed by atoms with E-state index in [1.54, 1.807) is 13.2 Å². The van der Waals surface area contributed by atoms with E-state index in [-0.39, 0.29) is 11.8 Å². The van der Waals surface area contributed by atoms with E-state index in [1.165, 1.54) is 19.3 Å². The van der Waals surface area contributed by atoms with Gasteiger partial charge in [0.05, 0.1) is 7.11 Å². The Kier molecular flexibility index (Phi) is 4.66. The lowest BCUT2D eigenvalue weighted by atomic mass is 9.88. The summed E-state index contributed by atoms with van der Waals surface area (Å²) in [4.78, 5) is 12.1. The van der Waals surface area contributed by atoms with Crippen molar-refractivity contribution in [2.24, 2.45) is 5.92 Å². The Morgan fingerprint density at radius 3 is 2.79 bits per heavy atom. The van der Waals surface area contributed by atoms with Gasteiger partial charge in [-0.05, 0) is 31.0 Å². The summed E-state index contributed by atoms with van der Waals surface area (Å²) >= 11 is 0. The van der Waals surface area contributed by atoms with Crippen LogP contribution in [0, 0.1) is 5.92 Å². The molecule has 0 aromatic heterocycles. The summed E-state index contributed by atoms with van der Waals surface area (Å²) in [5.74, 6) is 1.10. The molecule has 1 aliphatic rings. The maximum atomic E-state index is 12.1. The quantitative estimate of drug-likeness (QED) is 0.819. The summed E-state index contributed by atoms with van der Waals surface area (Å²) in [6.45, 7) is 0.476. The second-order valence-corrected chi connectivity index (χ2v) is 5.12. The standard InChI is InChI=1S/C15H22N2O2/c1-19-14-8-7-13(16)9-12(14)10-17-15(18)11-5-3-2-4-6-11/h7-9,11H,2-6,10,16H2,1H3,(H,17,18). The Balaban J connectivity index is 1.94. The van der Waals surface area contributed by atoms with E-state index in [1.807, 2.05) is 12.1 Å². The van der Waals surface area contributed by atoms with Gasteiger partial charge in [-0.2, -0.15) is 0 Å². The minimum absolute atomic E-state index is 0.157. The lowest BCUT2D eigenvalue weighted by Gasteiger charge is -2.21. The van der Waals surface area contributed by atoms with Crippen LogP contribution in [0.4, 0.5) is 5.69 Å². The second kappa shape index (κ2) is 6.45. The minimum atomic E-state index is 0.157. The fourth-order valence-electron chi connectivity index (χ4n) is 2.63. The smallest absolute Gasteiger partial charge is 0.223 e. The Morgan fingerprint density at radius 1 is 1.37 bits per heavy atom. The molecule has 1 fully saturated rings. The van der Waals surface area contributed by atoms with E-state index in [0.29, 0.717) is 12.2 Å². The van der Waals surface area contributed by atoms with Crippen LogP contribution in [-0.4, -0.2) is 13.0 Å². The number of anilines is 1. The van der Waals surface area contributed by atoms with Crippen LogP contribution in [0.15, 0.2) is 18.2 Å². The molecule has 1 aliphatic carbocycles. The Morgan fingerprint density at radius 2 is 2.11 bits per heavy atom. The Bertz CT molecular complexity index is 440. The molecule has 1 saturated carbocycles. The third-order valence-electron chi connectivity index (χ3n) is 3.73. The van der Waals surface area contributed by atoms with E-state index in [2.05, 4.69) is 5.32 Å². The van der Waals surface area contributed by atoms with Gasteiger partial charge in [-0.25, -0.2) is 0 Å². The van der Waals surface area contributed by atoms with Crippen LogP contribution in [0.2, 0.25) is 0 Å². The van der Waals surface area contributed by atoms with Gasteiger partial charge in [-0.3, -0.25) is 4.79 Å². The summed E-state index contributed by atoms with van der Waals surface area (Å²) in [5, 5.41) is 3.00. The third kappa shape index (κ3) is 3.63. The molecule has 0 bridgehead atoms. The molecule has 1 amide bonds. The van der Waals surface area contributed by atoms with Crippen molar-refractivity contribution in [2.75, 3.05) is 12.8 Å². The van der Waals surface area contributed by atoms with E-state index in [0.717, 1.165) is 24.2 Å². The summed E-state index contributed by atoms with van der Waals surface area (Å²) in [6, 6.07) is 5.47. The number of hydrogen-bond acceptors (Lipinski definition) is 3. The van der Waals surface area contributed by atoms with Crippen molar-refractivity contribution in [3.8, 4) is 5.75 Å². The van der Waals surface area contributed by atoms with Crippen molar-refractivity contribution in [3.05, 3.63) is 23.8 Å². The monoisotopic (exact) mass is 262 g/mol. The zero-order chi connectivity index (χ0) is 13.7. The van der Waals surface area contributed by atoms with Gasteiger partial charge in [0.2, 0.25) is 5.91 Å². The molecule has 3 N–H and O–H groups in total. The average Bonchev–Trinajstić information content (AvgIpc) is 2.46.